The van der Waals surface area contributed by atoms with Gasteiger partial charge in [0.05, 0.1) is 11.3 Å². The van der Waals surface area contributed by atoms with Crippen molar-refractivity contribution in [3.05, 3.63) is 69.9 Å². The average molecular weight is 395 g/mol. The topological polar surface area (TPSA) is 49.4 Å². The SMILES string of the molecule is Cc1cccc(NC2=C(Cl)C(=O)N(c3cccc(C(F)(F)F)c3)C2=O)c1C. The molecule has 2 amide bonds. The van der Waals surface area contributed by atoms with E-state index in [0.29, 0.717) is 10.6 Å². The van der Waals surface area contributed by atoms with Crippen molar-refractivity contribution in [3.8, 4) is 0 Å². The Morgan fingerprint density at radius 1 is 1.00 bits per heavy atom. The van der Waals surface area contributed by atoms with Gasteiger partial charge >= 0.3 is 6.18 Å². The van der Waals surface area contributed by atoms with E-state index in [9.17, 15) is 22.8 Å². The molecule has 0 aromatic heterocycles. The molecule has 140 valence electrons. The summed E-state index contributed by atoms with van der Waals surface area (Å²) < 4.78 is 38.8. The third kappa shape index (κ3) is 3.42. The van der Waals surface area contributed by atoms with Crippen molar-refractivity contribution in [2.24, 2.45) is 0 Å². The van der Waals surface area contributed by atoms with Crippen molar-refractivity contribution >= 4 is 34.8 Å². The Balaban J connectivity index is 1.96. The van der Waals surface area contributed by atoms with E-state index in [1.54, 1.807) is 12.1 Å². The van der Waals surface area contributed by atoms with E-state index in [2.05, 4.69) is 5.32 Å². The van der Waals surface area contributed by atoms with E-state index in [1.807, 2.05) is 19.9 Å². The molecule has 2 aromatic rings. The zero-order valence-corrected chi connectivity index (χ0v) is 15.1. The van der Waals surface area contributed by atoms with Crippen LogP contribution in [0.4, 0.5) is 24.5 Å². The van der Waals surface area contributed by atoms with Gasteiger partial charge in [-0.1, -0.05) is 29.8 Å². The molecule has 2 aromatic carbocycles. The molecule has 0 unspecified atom stereocenters. The van der Waals surface area contributed by atoms with Crippen LogP contribution >= 0.6 is 11.6 Å². The monoisotopic (exact) mass is 394 g/mol. The van der Waals surface area contributed by atoms with E-state index >= 15 is 0 Å². The number of rotatable bonds is 3. The Hall–Kier alpha value is -2.80. The van der Waals surface area contributed by atoms with E-state index in [4.69, 9.17) is 11.6 Å². The quantitative estimate of drug-likeness (QED) is 0.764. The number of benzene rings is 2. The largest absolute Gasteiger partial charge is 0.416 e. The average Bonchev–Trinajstić information content (AvgIpc) is 2.81. The fourth-order valence-corrected chi connectivity index (χ4v) is 2.90. The van der Waals surface area contributed by atoms with Crippen molar-refractivity contribution in [3.63, 3.8) is 0 Å². The fourth-order valence-electron chi connectivity index (χ4n) is 2.69. The van der Waals surface area contributed by atoms with Crippen LogP contribution in [0.2, 0.25) is 0 Å². The highest BCUT2D eigenvalue weighted by atomic mass is 35.5. The first kappa shape index (κ1) is 19.0. The number of anilines is 2. The normalized spacial score (nSPS) is 15.0. The van der Waals surface area contributed by atoms with Gasteiger partial charge in [0, 0.05) is 5.69 Å². The first-order chi connectivity index (χ1) is 12.6. The van der Waals surface area contributed by atoms with E-state index < -0.39 is 23.6 Å². The highest BCUT2D eigenvalue weighted by Crippen LogP contribution is 2.35. The van der Waals surface area contributed by atoms with Crippen LogP contribution in [-0.4, -0.2) is 11.8 Å². The summed E-state index contributed by atoms with van der Waals surface area (Å²) in [7, 11) is 0. The van der Waals surface area contributed by atoms with Gasteiger partial charge < -0.3 is 5.32 Å². The molecule has 1 N–H and O–H groups in total. The molecule has 0 aliphatic carbocycles. The molecule has 4 nitrogen and oxygen atoms in total. The number of amides is 2. The molecular weight excluding hydrogens is 381 g/mol. The smallest absolute Gasteiger partial charge is 0.349 e. The second-order valence-corrected chi connectivity index (χ2v) is 6.43. The van der Waals surface area contributed by atoms with Gasteiger partial charge in [0.15, 0.2) is 0 Å². The van der Waals surface area contributed by atoms with Crippen LogP contribution < -0.4 is 10.2 Å². The number of imide groups is 1. The maximum absolute atomic E-state index is 12.9. The summed E-state index contributed by atoms with van der Waals surface area (Å²) in [6.07, 6.45) is -4.60. The summed E-state index contributed by atoms with van der Waals surface area (Å²) in [6.45, 7) is 3.71. The Kier molecular flexibility index (Phi) is 4.73. The van der Waals surface area contributed by atoms with Crippen molar-refractivity contribution in [2.75, 3.05) is 10.2 Å². The van der Waals surface area contributed by atoms with Crippen molar-refractivity contribution in [2.45, 2.75) is 20.0 Å². The van der Waals surface area contributed by atoms with Gasteiger partial charge in [-0.05, 0) is 49.2 Å². The Morgan fingerprint density at radius 3 is 2.33 bits per heavy atom. The second-order valence-electron chi connectivity index (χ2n) is 6.06. The Morgan fingerprint density at radius 2 is 1.67 bits per heavy atom. The summed E-state index contributed by atoms with van der Waals surface area (Å²) >= 11 is 6.02. The molecule has 0 radical (unpaired) electrons. The lowest BCUT2D eigenvalue weighted by molar-refractivity contribution is -0.137. The molecular formula is C19H14ClF3N2O2. The molecule has 0 bridgehead atoms. The van der Waals surface area contributed by atoms with E-state index in [1.165, 1.54) is 6.07 Å². The third-order valence-electron chi connectivity index (χ3n) is 4.32. The molecule has 1 aliphatic rings. The van der Waals surface area contributed by atoms with Crippen LogP contribution in [-0.2, 0) is 15.8 Å². The molecule has 0 atom stereocenters. The Labute approximate surface area is 158 Å². The van der Waals surface area contributed by atoms with Crippen molar-refractivity contribution < 1.29 is 22.8 Å². The molecule has 27 heavy (non-hydrogen) atoms. The van der Waals surface area contributed by atoms with Gasteiger partial charge in [-0.15, -0.1) is 0 Å². The minimum absolute atomic E-state index is 0.173. The zero-order valence-electron chi connectivity index (χ0n) is 14.3. The second kappa shape index (κ2) is 6.74. The van der Waals surface area contributed by atoms with Crippen LogP contribution in [0.15, 0.2) is 53.2 Å². The number of carbonyl (C=O) groups is 2. The Bertz CT molecular complexity index is 983. The highest BCUT2D eigenvalue weighted by Gasteiger charge is 2.40. The molecule has 0 spiro atoms. The lowest BCUT2D eigenvalue weighted by atomic mass is 10.1. The predicted octanol–water partition coefficient (Wildman–Crippen LogP) is 4.76. The fraction of sp³-hybridized carbons (Fsp3) is 0.158. The third-order valence-corrected chi connectivity index (χ3v) is 4.67. The van der Waals surface area contributed by atoms with Crippen LogP contribution in [0.3, 0.4) is 0 Å². The summed E-state index contributed by atoms with van der Waals surface area (Å²) in [6, 6.07) is 9.33. The number of nitrogens with one attached hydrogen (secondary N) is 1. The number of halogens is 4. The molecule has 0 fully saturated rings. The van der Waals surface area contributed by atoms with Crippen LogP contribution in [0, 0.1) is 13.8 Å². The van der Waals surface area contributed by atoms with Crippen LogP contribution in [0.25, 0.3) is 0 Å². The number of aryl methyl sites for hydroxylation is 1. The maximum Gasteiger partial charge on any atom is 0.416 e. The van der Waals surface area contributed by atoms with Gasteiger partial charge in [-0.25, -0.2) is 4.90 Å². The lowest BCUT2D eigenvalue weighted by Gasteiger charge is -2.17. The summed E-state index contributed by atoms with van der Waals surface area (Å²) in [5, 5.41) is 2.46. The van der Waals surface area contributed by atoms with Gasteiger partial charge in [0.25, 0.3) is 11.8 Å². The number of nitrogens with zero attached hydrogens (tertiary/aromatic N) is 1. The standard InChI is InChI=1S/C19H14ClF3N2O2/c1-10-5-3-8-14(11(10)2)24-16-15(20)17(26)25(18(16)27)13-7-4-6-12(9-13)19(21,22)23/h3-9,24H,1-2H3. The maximum atomic E-state index is 12.9. The molecule has 1 aliphatic heterocycles. The van der Waals surface area contributed by atoms with Crippen LogP contribution in [0.5, 0.6) is 0 Å². The predicted molar refractivity (Wildman–Crippen MR) is 96.4 cm³/mol. The van der Waals surface area contributed by atoms with Gasteiger partial charge in [0.1, 0.15) is 10.7 Å². The number of hydrogen-bond donors (Lipinski definition) is 1. The summed E-state index contributed by atoms with van der Waals surface area (Å²) in [4.78, 5) is 25.8. The minimum atomic E-state index is -4.60. The number of alkyl halides is 3. The number of hydrogen-bond acceptors (Lipinski definition) is 3. The molecule has 1 heterocycles. The van der Waals surface area contributed by atoms with Gasteiger partial charge in [-0.3, -0.25) is 9.59 Å². The first-order valence-electron chi connectivity index (χ1n) is 7.90. The molecule has 0 saturated carbocycles. The molecule has 8 heteroatoms. The van der Waals surface area contributed by atoms with Gasteiger partial charge in [0.2, 0.25) is 0 Å². The van der Waals surface area contributed by atoms with Crippen molar-refractivity contribution in [1.82, 2.24) is 0 Å². The van der Waals surface area contributed by atoms with E-state index in [0.717, 1.165) is 29.3 Å². The van der Waals surface area contributed by atoms with E-state index in [-0.39, 0.29) is 16.4 Å². The van der Waals surface area contributed by atoms with Gasteiger partial charge in [-0.2, -0.15) is 13.2 Å². The first-order valence-corrected chi connectivity index (χ1v) is 8.28. The number of carbonyl (C=O) groups excluding carboxylic acids is 2. The van der Waals surface area contributed by atoms with Crippen molar-refractivity contribution in [1.29, 1.82) is 0 Å². The molecule has 0 saturated heterocycles. The minimum Gasteiger partial charge on any atom is -0.349 e. The highest BCUT2D eigenvalue weighted by molar-refractivity contribution is 6.53. The molecule has 3 rings (SSSR count). The summed E-state index contributed by atoms with van der Waals surface area (Å²) in [5.41, 5.74) is 1.06. The summed E-state index contributed by atoms with van der Waals surface area (Å²) in [5.74, 6) is -1.70. The van der Waals surface area contributed by atoms with Crippen LogP contribution in [0.1, 0.15) is 16.7 Å². The zero-order chi connectivity index (χ0) is 19.9. The lowest BCUT2D eigenvalue weighted by Crippen LogP contribution is -2.32.